The lowest BCUT2D eigenvalue weighted by atomic mass is 9.86. The van der Waals surface area contributed by atoms with E-state index in [2.05, 4.69) is 22.0 Å². The van der Waals surface area contributed by atoms with Crippen molar-refractivity contribution in [1.29, 1.82) is 0 Å². The monoisotopic (exact) mass is 342 g/mol. The zero-order valence-corrected chi connectivity index (χ0v) is 13.1. The third kappa shape index (κ3) is 3.61. The standard InChI is InChI=1S/C15H16BrClO2/c1-2-19-15(18)11-5-3-10(4-6-11)12-7-8-13(16)14(17)9-12/h3,7-9,11H,2,4-6H2,1H3. The van der Waals surface area contributed by atoms with Crippen LogP contribution in [0.4, 0.5) is 0 Å². The molecule has 0 amide bonds. The molecule has 0 bridgehead atoms. The Bertz CT molecular complexity index is 511. The minimum Gasteiger partial charge on any atom is -0.466 e. The summed E-state index contributed by atoms with van der Waals surface area (Å²) in [4.78, 5) is 11.7. The minimum atomic E-state index is -0.0772. The van der Waals surface area contributed by atoms with E-state index < -0.39 is 0 Å². The number of ether oxygens (including phenoxy) is 1. The summed E-state index contributed by atoms with van der Waals surface area (Å²) in [5.74, 6) is -0.0683. The molecule has 102 valence electrons. The molecule has 0 heterocycles. The van der Waals surface area contributed by atoms with E-state index >= 15 is 0 Å². The molecule has 0 saturated carbocycles. The second kappa shape index (κ2) is 6.58. The van der Waals surface area contributed by atoms with Crippen LogP contribution < -0.4 is 0 Å². The largest absolute Gasteiger partial charge is 0.466 e. The second-order valence-corrected chi connectivity index (χ2v) is 5.84. The van der Waals surface area contributed by atoms with Crippen molar-refractivity contribution in [3.63, 3.8) is 0 Å². The number of allylic oxidation sites excluding steroid dienone is 2. The van der Waals surface area contributed by atoms with Crippen molar-refractivity contribution < 1.29 is 9.53 Å². The van der Waals surface area contributed by atoms with Crippen LogP contribution in [0.2, 0.25) is 5.02 Å². The molecule has 1 aromatic carbocycles. The van der Waals surface area contributed by atoms with Gasteiger partial charge in [-0.1, -0.05) is 23.7 Å². The van der Waals surface area contributed by atoms with Crippen LogP contribution in [-0.2, 0) is 9.53 Å². The van der Waals surface area contributed by atoms with E-state index in [-0.39, 0.29) is 11.9 Å². The fourth-order valence-electron chi connectivity index (χ4n) is 2.27. The number of benzene rings is 1. The van der Waals surface area contributed by atoms with E-state index in [4.69, 9.17) is 16.3 Å². The zero-order chi connectivity index (χ0) is 13.8. The number of carbonyl (C=O) groups excluding carboxylic acids is 1. The maximum absolute atomic E-state index is 11.7. The van der Waals surface area contributed by atoms with Gasteiger partial charge in [0.05, 0.1) is 17.5 Å². The molecule has 1 atom stereocenters. The van der Waals surface area contributed by atoms with Gasteiger partial charge in [0.1, 0.15) is 0 Å². The zero-order valence-electron chi connectivity index (χ0n) is 10.8. The highest BCUT2D eigenvalue weighted by Gasteiger charge is 2.23. The summed E-state index contributed by atoms with van der Waals surface area (Å²) in [5, 5.41) is 0.714. The van der Waals surface area contributed by atoms with Gasteiger partial charge in [-0.05, 0) is 65.4 Å². The molecule has 0 N–H and O–H groups in total. The molecule has 0 saturated heterocycles. The third-order valence-corrected chi connectivity index (χ3v) is 4.55. The van der Waals surface area contributed by atoms with Gasteiger partial charge in [-0.3, -0.25) is 4.79 Å². The summed E-state index contributed by atoms with van der Waals surface area (Å²) in [5.41, 5.74) is 2.39. The fraction of sp³-hybridized carbons (Fsp3) is 0.400. The van der Waals surface area contributed by atoms with Crippen molar-refractivity contribution >= 4 is 39.1 Å². The molecule has 4 heteroatoms. The highest BCUT2D eigenvalue weighted by Crippen LogP contribution is 2.33. The molecular formula is C15H16BrClO2. The van der Waals surface area contributed by atoms with Crippen LogP contribution in [0.3, 0.4) is 0 Å². The van der Waals surface area contributed by atoms with Crippen LogP contribution in [-0.4, -0.2) is 12.6 Å². The summed E-state index contributed by atoms with van der Waals surface area (Å²) >= 11 is 9.49. The summed E-state index contributed by atoms with van der Waals surface area (Å²) in [7, 11) is 0. The first kappa shape index (κ1) is 14.6. The van der Waals surface area contributed by atoms with Gasteiger partial charge in [0.2, 0.25) is 0 Å². The van der Waals surface area contributed by atoms with Crippen LogP contribution in [0.5, 0.6) is 0 Å². The SMILES string of the molecule is CCOC(=O)C1CC=C(c2ccc(Br)c(Cl)c2)CC1. The van der Waals surface area contributed by atoms with Crippen molar-refractivity contribution in [1.82, 2.24) is 0 Å². The third-order valence-electron chi connectivity index (χ3n) is 3.32. The predicted molar refractivity (Wildman–Crippen MR) is 81.1 cm³/mol. The van der Waals surface area contributed by atoms with Gasteiger partial charge < -0.3 is 4.74 Å². The highest BCUT2D eigenvalue weighted by molar-refractivity contribution is 9.10. The molecule has 0 fully saturated rings. The topological polar surface area (TPSA) is 26.3 Å². The van der Waals surface area contributed by atoms with Gasteiger partial charge in [0, 0.05) is 4.47 Å². The number of carbonyl (C=O) groups is 1. The summed E-state index contributed by atoms with van der Waals surface area (Å²) < 4.78 is 5.96. The van der Waals surface area contributed by atoms with Crippen LogP contribution in [0.1, 0.15) is 31.7 Å². The van der Waals surface area contributed by atoms with Crippen LogP contribution >= 0.6 is 27.5 Å². The lowest BCUT2D eigenvalue weighted by Gasteiger charge is -2.20. The van der Waals surface area contributed by atoms with Gasteiger partial charge in [0.25, 0.3) is 0 Å². The Labute approximate surface area is 126 Å². The van der Waals surface area contributed by atoms with Gasteiger partial charge >= 0.3 is 5.97 Å². The van der Waals surface area contributed by atoms with E-state index in [1.165, 1.54) is 5.57 Å². The quantitative estimate of drug-likeness (QED) is 0.733. The average molecular weight is 344 g/mol. The van der Waals surface area contributed by atoms with E-state index in [0.29, 0.717) is 11.6 Å². The Morgan fingerprint density at radius 1 is 1.53 bits per heavy atom. The van der Waals surface area contributed by atoms with Crippen molar-refractivity contribution in [3.8, 4) is 0 Å². The number of halogens is 2. The molecule has 1 unspecified atom stereocenters. The summed E-state index contributed by atoms with van der Waals surface area (Å²) in [6.45, 7) is 2.29. The van der Waals surface area contributed by atoms with Crippen molar-refractivity contribution in [2.45, 2.75) is 26.2 Å². The van der Waals surface area contributed by atoms with Crippen LogP contribution in [0.15, 0.2) is 28.7 Å². The van der Waals surface area contributed by atoms with E-state index in [9.17, 15) is 4.79 Å². The van der Waals surface area contributed by atoms with Crippen LogP contribution in [0.25, 0.3) is 5.57 Å². The number of esters is 1. The highest BCUT2D eigenvalue weighted by atomic mass is 79.9. The minimum absolute atomic E-state index is 0.00891. The molecule has 1 aromatic rings. The molecule has 0 radical (unpaired) electrons. The maximum atomic E-state index is 11.7. The molecule has 2 rings (SSSR count). The Morgan fingerprint density at radius 2 is 2.32 bits per heavy atom. The van der Waals surface area contributed by atoms with Gasteiger partial charge in [0.15, 0.2) is 0 Å². The smallest absolute Gasteiger partial charge is 0.309 e. The Hall–Kier alpha value is -0.800. The average Bonchev–Trinajstić information content (AvgIpc) is 2.42. The molecule has 1 aliphatic carbocycles. The van der Waals surface area contributed by atoms with Crippen molar-refractivity contribution in [2.24, 2.45) is 5.92 Å². The number of rotatable bonds is 3. The summed E-state index contributed by atoms with van der Waals surface area (Å²) in [6.07, 6.45) is 4.62. The second-order valence-electron chi connectivity index (χ2n) is 4.58. The molecule has 0 aliphatic heterocycles. The number of hydrogen-bond acceptors (Lipinski definition) is 2. The first-order chi connectivity index (χ1) is 9.11. The predicted octanol–water partition coefficient (Wildman–Crippen LogP) is 4.85. The Morgan fingerprint density at radius 3 is 2.89 bits per heavy atom. The van der Waals surface area contributed by atoms with Crippen molar-refractivity contribution in [3.05, 3.63) is 39.3 Å². The normalized spacial score (nSPS) is 18.9. The molecule has 19 heavy (non-hydrogen) atoms. The first-order valence-corrected chi connectivity index (χ1v) is 7.60. The van der Waals surface area contributed by atoms with Gasteiger partial charge in [-0.25, -0.2) is 0 Å². The van der Waals surface area contributed by atoms with Crippen molar-refractivity contribution in [2.75, 3.05) is 6.61 Å². The Kier molecular flexibility index (Phi) is 5.06. The fourth-order valence-corrected chi connectivity index (χ4v) is 2.69. The van der Waals surface area contributed by atoms with E-state index in [1.54, 1.807) is 0 Å². The van der Waals surface area contributed by atoms with E-state index in [0.717, 1.165) is 29.3 Å². The molecular weight excluding hydrogens is 328 g/mol. The number of hydrogen-bond donors (Lipinski definition) is 0. The lowest BCUT2D eigenvalue weighted by molar-refractivity contribution is -0.148. The lowest BCUT2D eigenvalue weighted by Crippen LogP contribution is -2.19. The molecule has 1 aliphatic rings. The van der Waals surface area contributed by atoms with Gasteiger partial charge in [-0.2, -0.15) is 0 Å². The summed E-state index contributed by atoms with van der Waals surface area (Å²) in [6, 6.07) is 5.96. The molecule has 0 aromatic heterocycles. The van der Waals surface area contributed by atoms with E-state index in [1.807, 2.05) is 25.1 Å². The molecule has 2 nitrogen and oxygen atoms in total. The Balaban J connectivity index is 2.08. The van der Waals surface area contributed by atoms with Crippen LogP contribution in [0, 0.1) is 5.92 Å². The molecule has 0 spiro atoms. The first-order valence-electron chi connectivity index (χ1n) is 6.43. The maximum Gasteiger partial charge on any atom is 0.309 e. The van der Waals surface area contributed by atoms with Gasteiger partial charge in [-0.15, -0.1) is 0 Å².